The summed E-state index contributed by atoms with van der Waals surface area (Å²) in [6, 6.07) is 1.97. The second-order valence-electron chi connectivity index (χ2n) is 5.93. The first-order valence-electron chi connectivity index (χ1n) is 7.29. The van der Waals surface area contributed by atoms with Crippen LogP contribution in [0.5, 0.6) is 0 Å². The van der Waals surface area contributed by atoms with Crippen LogP contribution in [0.1, 0.15) is 60.6 Å². The second kappa shape index (κ2) is 5.26. The Morgan fingerprint density at radius 2 is 2.00 bits per heavy atom. The third-order valence-corrected chi connectivity index (χ3v) is 4.50. The molecule has 108 valence electrons. The summed E-state index contributed by atoms with van der Waals surface area (Å²) < 4.78 is 0. The second-order valence-corrected chi connectivity index (χ2v) is 5.93. The maximum Gasteiger partial charge on any atom is 0.269 e. The number of primary amides is 1. The van der Waals surface area contributed by atoms with Crippen molar-refractivity contribution in [3.05, 3.63) is 17.5 Å². The number of rotatable bonds is 4. The highest BCUT2D eigenvalue weighted by Gasteiger charge is 2.34. The van der Waals surface area contributed by atoms with Crippen LogP contribution in [-0.4, -0.2) is 28.1 Å². The lowest BCUT2D eigenvalue weighted by molar-refractivity contribution is -0.126. The van der Waals surface area contributed by atoms with Crippen LogP contribution >= 0.6 is 0 Å². The number of nitrogens with one attached hydrogen (secondary N) is 2. The predicted molar refractivity (Wildman–Crippen MR) is 73.0 cm³/mol. The normalized spacial score (nSPS) is 26.2. The molecule has 2 saturated carbocycles. The smallest absolute Gasteiger partial charge is 0.269 e. The van der Waals surface area contributed by atoms with Gasteiger partial charge < -0.3 is 11.1 Å². The van der Waals surface area contributed by atoms with Crippen molar-refractivity contribution in [2.24, 2.45) is 11.7 Å². The molecule has 2 amide bonds. The molecule has 0 bridgehead atoms. The van der Waals surface area contributed by atoms with Crippen LogP contribution in [0, 0.1) is 5.92 Å². The maximum absolute atomic E-state index is 12.0. The first-order chi connectivity index (χ1) is 9.63. The topological polar surface area (TPSA) is 101 Å². The zero-order chi connectivity index (χ0) is 14.1. The van der Waals surface area contributed by atoms with Crippen molar-refractivity contribution in [1.82, 2.24) is 15.5 Å². The number of nitrogens with two attached hydrogens (primary N) is 1. The number of H-pyrrole nitrogens is 1. The molecule has 0 spiro atoms. The molecular formula is C14H20N4O2. The Hall–Kier alpha value is -1.85. The lowest BCUT2D eigenvalue weighted by atomic mass is 9.78. The van der Waals surface area contributed by atoms with Gasteiger partial charge in [-0.1, -0.05) is 12.8 Å². The molecule has 1 heterocycles. The summed E-state index contributed by atoms with van der Waals surface area (Å²) in [7, 11) is 0. The minimum Gasteiger partial charge on any atom is -0.364 e. The Kier molecular flexibility index (Phi) is 3.46. The van der Waals surface area contributed by atoms with E-state index >= 15 is 0 Å². The van der Waals surface area contributed by atoms with E-state index in [1.54, 1.807) is 6.07 Å². The van der Waals surface area contributed by atoms with Gasteiger partial charge in [0.25, 0.3) is 5.91 Å². The van der Waals surface area contributed by atoms with E-state index in [0.717, 1.165) is 31.4 Å². The molecule has 0 saturated heterocycles. The van der Waals surface area contributed by atoms with Gasteiger partial charge in [-0.2, -0.15) is 5.10 Å². The molecule has 0 aliphatic heterocycles. The Balaban J connectivity index is 1.48. The summed E-state index contributed by atoms with van der Waals surface area (Å²) >= 11 is 0. The SMILES string of the molecule is NC(=O)c1cc(C2CC(NC(=O)C3CCCC3)C2)[nH]n1. The Morgan fingerprint density at radius 3 is 2.60 bits per heavy atom. The van der Waals surface area contributed by atoms with Crippen molar-refractivity contribution in [2.45, 2.75) is 50.5 Å². The number of carbonyl (C=O) groups excluding carboxylic acids is 2. The highest BCUT2D eigenvalue weighted by Crippen LogP contribution is 2.36. The summed E-state index contributed by atoms with van der Waals surface area (Å²) in [4.78, 5) is 23.0. The molecule has 1 aromatic rings. The van der Waals surface area contributed by atoms with E-state index in [4.69, 9.17) is 5.73 Å². The molecule has 4 N–H and O–H groups in total. The molecule has 2 aliphatic rings. The molecule has 0 atom stereocenters. The van der Waals surface area contributed by atoms with Gasteiger partial charge in [0.1, 0.15) is 5.69 Å². The van der Waals surface area contributed by atoms with Crippen molar-refractivity contribution in [2.75, 3.05) is 0 Å². The monoisotopic (exact) mass is 276 g/mol. The molecule has 0 unspecified atom stereocenters. The van der Waals surface area contributed by atoms with Crippen molar-refractivity contribution < 1.29 is 9.59 Å². The van der Waals surface area contributed by atoms with Crippen LogP contribution in [-0.2, 0) is 4.79 Å². The van der Waals surface area contributed by atoms with E-state index in [2.05, 4.69) is 15.5 Å². The number of aromatic nitrogens is 2. The van der Waals surface area contributed by atoms with Crippen LogP contribution in [0.15, 0.2) is 6.07 Å². The lowest BCUT2D eigenvalue weighted by Crippen LogP contribution is -2.45. The number of hydrogen-bond donors (Lipinski definition) is 3. The third-order valence-electron chi connectivity index (χ3n) is 4.50. The minimum absolute atomic E-state index is 0.216. The zero-order valence-electron chi connectivity index (χ0n) is 11.4. The van der Waals surface area contributed by atoms with E-state index in [9.17, 15) is 9.59 Å². The minimum atomic E-state index is -0.516. The highest BCUT2D eigenvalue weighted by atomic mass is 16.2. The molecular weight excluding hydrogens is 256 g/mol. The molecule has 0 aromatic carbocycles. The fourth-order valence-electron chi connectivity index (χ4n) is 3.17. The fourth-order valence-corrected chi connectivity index (χ4v) is 3.17. The van der Waals surface area contributed by atoms with E-state index in [-0.39, 0.29) is 23.6 Å². The van der Waals surface area contributed by atoms with Crippen molar-refractivity contribution in [3.8, 4) is 0 Å². The quantitative estimate of drug-likeness (QED) is 0.766. The third kappa shape index (κ3) is 2.55. The van der Waals surface area contributed by atoms with Gasteiger partial charge in [-0.25, -0.2) is 0 Å². The highest BCUT2D eigenvalue weighted by molar-refractivity contribution is 5.90. The van der Waals surface area contributed by atoms with E-state index in [1.807, 2.05) is 0 Å². The maximum atomic E-state index is 12.0. The largest absolute Gasteiger partial charge is 0.364 e. The lowest BCUT2D eigenvalue weighted by Gasteiger charge is -2.35. The number of amides is 2. The summed E-state index contributed by atoms with van der Waals surface area (Å²) in [6.45, 7) is 0. The molecule has 2 fully saturated rings. The molecule has 20 heavy (non-hydrogen) atoms. The average molecular weight is 276 g/mol. The van der Waals surface area contributed by atoms with E-state index in [1.165, 1.54) is 12.8 Å². The van der Waals surface area contributed by atoms with Crippen LogP contribution < -0.4 is 11.1 Å². The number of aromatic amines is 1. The van der Waals surface area contributed by atoms with Crippen LogP contribution in [0.25, 0.3) is 0 Å². The Labute approximate surface area is 117 Å². The molecule has 6 heteroatoms. The summed E-state index contributed by atoms with van der Waals surface area (Å²) in [5.41, 5.74) is 6.38. The fraction of sp³-hybridized carbons (Fsp3) is 0.643. The van der Waals surface area contributed by atoms with Gasteiger partial charge in [0.2, 0.25) is 5.91 Å². The van der Waals surface area contributed by atoms with Gasteiger partial charge in [-0.05, 0) is 31.7 Å². The summed E-state index contributed by atoms with van der Waals surface area (Å²) in [6.07, 6.45) is 6.22. The summed E-state index contributed by atoms with van der Waals surface area (Å²) in [5.74, 6) is 0.262. The Morgan fingerprint density at radius 1 is 1.30 bits per heavy atom. The van der Waals surface area contributed by atoms with Gasteiger partial charge >= 0.3 is 0 Å². The predicted octanol–water partition coefficient (Wildman–Crippen LogP) is 1.06. The molecule has 2 aliphatic carbocycles. The van der Waals surface area contributed by atoms with Crippen molar-refractivity contribution >= 4 is 11.8 Å². The molecule has 6 nitrogen and oxygen atoms in total. The van der Waals surface area contributed by atoms with Gasteiger partial charge in [-0.15, -0.1) is 0 Å². The van der Waals surface area contributed by atoms with Crippen LogP contribution in [0.3, 0.4) is 0 Å². The number of carbonyl (C=O) groups is 2. The van der Waals surface area contributed by atoms with Crippen LogP contribution in [0.2, 0.25) is 0 Å². The van der Waals surface area contributed by atoms with E-state index < -0.39 is 5.91 Å². The van der Waals surface area contributed by atoms with Gasteiger partial charge in [0.15, 0.2) is 0 Å². The molecule has 3 rings (SSSR count). The number of hydrogen-bond acceptors (Lipinski definition) is 3. The standard InChI is InChI=1S/C14H20N4O2/c15-13(19)12-7-11(17-18-12)9-5-10(6-9)16-14(20)8-3-1-2-4-8/h7-10H,1-6H2,(H2,15,19)(H,16,20)(H,17,18). The summed E-state index contributed by atoms with van der Waals surface area (Å²) in [5, 5.41) is 9.86. The molecule has 0 radical (unpaired) electrons. The first-order valence-corrected chi connectivity index (χ1v) is 7.29. The Bertz CT molecular complexity index is 513. The zero-order valence-corrected chi connectivity index (χ0v) is 11.4. The van der Waals surface area contributed by atoms with Gasteiger partial charge in [0.05, 0.1) is 0 Å². The van der Waals surface area contributed by atoms with E-state index in [0.29, 0.717) is 5.92 Å². The van der Waals surface area contributed by atoms with Crippen molar-refractivity contribution in [3.63, 3.8) is 0 Å². The van der Waals surface area contributed by atoms with Crippen LogP contribution in [0.4, 0.5) is 0 Å². The van der Waals surface area contributed by atoms with Gasteiger partial charge in [-0.3, -0.25) is 14.7 Å². The van der Waals surface area contributed by atoms with Gasteiger partial charge in [0, 0.05) is 23.6 Å². The first kappa shape index (κ1) is 13.1. The number of nitrogens with zero attached hydrogens (tertiary/aromatic N) is 1. The molecule has 1 aromatic heterocycles. The van der Waals surface area contributed by atoms with Crippen molar-refractivity contribution in [1.29, 1.82) is 0 Å². The average Bonchev–Trinajstić information content (AvgIpc) is 3.03.